The number of sulfonamides is 1. The minimum absolute atomic E-state index is 0.0906. The summed E-state index contributed by atoms with van der Waals surface area (Å²) < 4.78 is 26.2. The molecule has 1 aromatic carbocycles. The van der Waals surface area contributed by atoms with Crippen LogP contribution in [0.5, 0.6) is 0 Å². The topological polar surface area (TPSA) is 37.4 Å². The fraction of sp³-hybridized carbons (Fsp3) is 0.333. The second-order valence-electron chi connectivity index (χ2n) is 4.29. The van der Waals surface area contributed by atoms with E-state index in [0.29, 0.717) is 6.54 Å². The van der Waals surface area contributed by atoms with Gasteiger partial charge in [-0.15, -0.1) is 13.0 Å². The fourth-order valence-electron chi connectivity index (χ4n) is 1.66. The Morgan fingerprint density at radius 1 is 1.37 bits per heavy atom. The molecule has 0 aliphatic heterocycles. The van der Waals surface area contributed by atoms with Crippen LogP contribution in [0.4, 0.5) is 0 Å². The molecule has 0 aliphatic rings. The molecule has 0 unspecified atom stereocenters. The number of terminal acetylenes is 1. The summed E-state index contributed by atoms with van der Waals surface area (Å²) in [4.78, 5) is 0.284. The van der Waals surface area contributed by atoms with E-state index in [-0.39, 0.29) is 11.4 Å². The highest BCUT2D eigenvalue weighted by Crippen LogP contribution is 2.16. The lowest BCUT2D eigenvalue weighted by Gasteiger charge is -2.19. The minimum atomic E-state index is -3.50. The predicted molar refractivity (Wildman–Crippen MR) is 78.2 cm³/mol. The molecule has 0 saturated carbocycles. The quantitative estimate of drug-likeness (QED) is 0.436. The van der Waals surface area contributed by atoms with Gasteiger partial charge in [0, 0.05) is 6.54 Å². The van der Waals surface area contributed by atoms with Gasteiger partial charge >= 0.3 is 0 Å². The Morgan fingerprint density at radius 3 is 2.53 bits per heavy atom. The van der Waals surface area contributed by atoms with Crippen molar-refractivity contribution in [2.24, 2.45) is 0 Å². The molecule has 0 aromatic heterocycles. The second-order valence-corrected chi connectivity index (χ2v) is 6.22. The van der Waals surface area contributed by atoms with E-state index in [0.717, 1.165) is 18.4 Å². The van der Waals surface area contributed by atoms with Gasteiger partial charge in [-0.25, -0.2) is 8.42 Å². The van der Waals surface area contributed by atoms with Crippen molar-refractivity contribution in [1.82, 2.24) is 4.31 Å². The van der Waals surface area contributed by atoms with Crippen LogP contribution >= 0.6 is 0 Å². The number of unbranched alkanes of at least 4 members (excludes halogenated alkanes) is 1. The third-order valence-electron chi connectivity index (χ3n) is 2.74. The lowest BCUT2D eigenvalue weighted by Crippen LogP contribution is -2.32. The second kappa shape index (κ2) is 7.13. The minimum Gasteiger partial charge on any atom is -0.207 e. The first-order valence-corrected chi connectivity index (χ1v) is 7.57. The van der Waals surface area contributed by atoms with E-state index >= 15 is 0 Å². The highest BCUT2D eigenvalue weighted by molar-refractivity contribution is 7.89. The van der Waals surface area contributed by atoms with Crippen molar-refractivity contribution < 1.29 is 8.42 Å². The smallest absolute Gasteiger partial charge is 0.207 e. The van der Waals surface area contributed by atoms with Crippen LogP contribution < -0.4 is 0 Å². The maximum Gasteiger partial charge on any atom is 0.243 e. The Hall–Kier alpha value is -1.57. The third kappa shape index (κ3) is 4.23. The zero-order chi connectivity index (χ0) is 14.3. The summed E-state index contributed by atoms with van der Waals surface area (Å²) in [5.74, 6) is 2.40. The number of allylic oxidation sites excluding steroid dienone is 1. The van der Waals surface area contributed by atoms with Crippen LogP contribution in [0, 0.1) is 19.3 Å². The summed E-state index contributed by atoms with van der Waals surface area (Å²) in [6.07, 6.45) is 8.51. The van der Waals surface area contributed by atoms with Crippen molar-refractivity contribution in [1.29, 1.82) is 0 Å². The number of benzene rings is 1. The van der Waals surface area contributed by atoms with Crippen LogP contribution in [-0.4, -0.2) is 25.8 Å². The molecule has 0 saturated heterocycles. The monoisotopic (exact) mass is 277 g/mol. The number of aryl methyl sites for hydroxylation is 1. The summed E-state index contributed by atoms with van der Waals surface area (Å²) in [5, 5.41) is 0. The van der Waals surface area contributed by atoms with E-state index in [2.05, 4.69) is 12.5 Å². The molecule has 4 heteroatoms. The molecule has 0 bridgehead atoms. The maximum atomic E-state index is 12.4. The molecule has 3 nitrogen and oxygen atoms in total. The van der Waals surface area contributed by atoms with E-state index in [1.165, 1.54) is 4.31 Å². The maximum absolute atomic E-state index is 12.4. The van der Waals surface area contributed by atoms with E-state index < -0.39 is 10.0 Å². The lowest BCUT2D eigenvalue weighted by molar-refractivity contribution is 0.440. The van der Waals surface area contributed by atoms with Gasteiger partial charge in [-0.1, -0.05) is 29.7 Å². The third-order valence-corrected chi connectivity index (χ3v) is 4.60. The van der Waals surface area contributed by atoms with Gasteiger partial charge in [0.1, 0.15) is 0 Å². The predicted octanol–water partition coefficient (Wildman–Crippen LogP) is 2.59. The fourth-order valence-corrected chi connectivity index (χ4v) is 3.05. The SMILES string of the molecule is C#CCN(CCCC=C)S(=O)(=O)c1ccc(C)cc1. The van der Waals surface area contributed by atoms with Gasteiger partial charge in [0.2, 0.25) is 10.0 Å². The van der Waals surface area contributed by atoms with E-state index in [1.807, 2.05) is 6.92 Å². The first-order valence-electron chi connectivity index (χ1n) is 6.13. The molecule has 0 amide bonds. The zero-order valence-corrected chi connectivity index (χ0v) is 12.0. The molecule has 1 aromatic rings. The zero-order valence-electron chi connectivity index (χ0n) is 11.2. The van der Waals surface area contributed by atoms with Crippen LogP contribution in [0.1, 0.15) is 18.4 Å². The molecule has 0 N–H and O–H groups in total. The lowest BCUT2D eigenvalue weighted by atomic mass is 10.2. The Kier molecular flexibility index (Phi) is 5.81. The molecule has 0 radical (unpaired) electrons. The Morgan fingerprint density at radius 2 is 2.00 bits per heavy atom. The first kappa shape index (κ1) is 15.5. The van der Waals surface area contributed by atoms with Gasteiger partial charge in [0.15, 0.2) is 0 Å². The Labute approximate surface area is 116 Å². The molecule has 19 heavy (non-hydrogen) atoms. The van der Waals surface area contributed by atoms with E-state index in [4.69, 9.17) is 6.42 Å². The van der Waals surface area contributed by atoms with Crippen molar-refractivity contribution in [3.05, 3.63) is 42.5 Å². The summed E-state index contributed by atoms with van der Waals surface area (Å²) >= 11 is 0. The number of hydrogen-bond donors (Lipinski definition) is 0. The van der Waals surface area contributed by atoms with Gasteiger partial charge < -0.3 is 0 Å². The van der Waals surface area contributed by atoms with Gasteiger partial charge in [-0.05, 0) is 31.9 Å². The average Bonchev–Trinajstić information content (AvgIpc) is 2.38. The Bertz CT molecular complexity index is 553. The van der Waals surface area contributed by atoms with E-state index in [9.17, 15) is 8.42 Å². The molecule has 102 valence electrons. The molecule has 0 fully saturated rings. The number of hydrogen-bond acceptors (Lipinski definition) is 2. The summed E-state index contributed by atoms with van der Waals surface area (Å²) in [6.45, 7) is 6.04. The van der Waals surface area contributed by atoms with Crippen molar-refractivity contribution in [2.45, 2.75) is 24.7 Å². The molecule has 0 heterocycles. The summed E-state index contributed by atoms with van der Waals surface area (Å²) in [5.41, 5.74) is 1.02. The van der Waals surface area contributed by atoms with Crippen LogP contribution in [0.2, 0.25) is 0 Å². The highest BCUT2D eigenvalue weighted by Gasteiger charge is 2.22. The normalized spacial score (nSPS) is 11.2. The standard InChI is InChI=1S/C15H19NO2S/c1-4-6-7-13-16(12-5-2)19(17,18)15-10-8-14(3)9-11-15/h2,4,8-11H,1,6-7,12-13H2,3H3. The molecular formula is C15H19NO2S. The average molecular weight is 277 g/mol. The summed E-state index contributed by atoms with van der Waals surface area (Å²) in [7, 11) is -3.50. The largest absolute Gasteiger partial charge is 0.243 e. The van der Waals surface area contributed by atoms with Crippen molar-refractivity contribution in [3.63, 3.8) is 0 Å². The van der Waals surface area contributed by atoms with Crippen LogP contribution in [0.3, 0.4) is 0 Å². The summed E-state index contributed by atoms with van der Waals surface area (Å²) in [6, 6.07) is 6.79. The van der Waals surface area contributed by atoms with Crippen molar-refractivity contribution >= 4 is 10.0 Å². The number of nitrogens with zero attached hydrogens (tertiary/aromatic N) is 1. The van der Waals surface area contributed by atoms with E-state index in [1.54, 1.807) is 30.3 Å². The van der Waals surface area contributed by atoms with Gasteiger partial charge in [0.25, 0.3) is 0 Å². The molecular weight excluding hydrogens is 258 g/mol. The van der Waals surface area contributed by atoms with Gasteiger partial charge in [-0.2, -0.15) is 4.31 Å². The van der Waals surface area contributed by atoms with Gasteiger partial charge in [0.05, 0.1) is 11.4 Å². The first-order chi connectivity index (χ1) is 9.02. The molecule has 1 rings (SSSR count). The van der Waals surface area contributed by atoms with Crippen LogP contribution in [0.15, 0.2) is 41.8 Å². The Balaban J connectivity index is 2.95. The molecule has 0 spiro atoms. The van der Waals surface area contributed by atoms with Crippen LogP contribution in [-0.2, 0) is 10.0 Å². The molecule has 0 aliphatic carbocycles. The van der Waals surface area contributed by atoms with Gasteiger partial charge in [-0.3, -0.25) is 0 Å². The van der Waals surface area contributed by atoms with Crippen LogP contribution in [0.25, 0.3) is 0 Å². The van der Waals surface area contributed by atoms with Crippen molar-refractivity contribution in [3.8, 4) is 12.3 Å². The van der Waals surface area contributed by atoms with Crippen molar-refractivity contribution in [2.75, 3.05) is 13.1 Å². The molecule has 0 atom stereocenters. The highest BCUT2D eigenvalue weighted by atomic mass is 32.2. The number of rotatable bonds is 7.